The van der Waals surface area contributed by atoms with Gasteiger partial charge in [-0.25, -0.2) is 4.98 Å². The van der Waals surface area contributed by atoms with Gasteiger partial charge in [-0.2, -0.15) is 5.10 Å². The zero-order valence-corrected chi connectivity index (χ0v) is 11.8. The van der Waals surface area contributed by atoms with Crippen LogP contribution in [0.1, 0.15) is 36.9 Å². The Labute approximate surface area is 111 Å². The zero-order chi connectivity index (χ0) is 12.9. The van der Waals surface area contributed by atoms with Crippen LogP contribution in [0.2, 0.25) is 0 Å². The smallest absolute Gasteiger partial charge is 0.142 e. The van der Waals surface area contributed by atoms with Crippen molar-refractivity contribution in [1.82, 2.24) is 14.8 Å². The van der Waals surface area contributed by atoms with Crippen LogP contribution in [-0.2, 0) is 13.5 Å². The van der Waals surface area contributed by atoms with Crippen LogP contribution >= 0.6 is 11.3 Å². The molecular weight excluding hydrogens is 244 g/mol. The largest absolute Gasteiger partial charge is 0.323 e. The Kier molecular flexibility index (Phi) is 2.57. The maximum absolute atomic E-state index is 6.27. The Morgan fingerprint density at radius 2 is 2.28 bits per heavy atom. The number of rotatable bonds is 1. The molecule has 0 amide bonds. The highest BCUT2D eigenvalue weighted by molar-refractivity contribution is 7.15. The summed E-state index contributed by atoms with van der Waals surface area (Å²) < 4.78 is 1.86. The number of hydrogen-bond donors (Lipinski definition) is 1. The van der Waals surface area contributed by atoms with E-state index in [0.717, 1.165) is 23.5 Å². The molecular formula is C13H18N4S. The Morgan fingerprint density at radius 3 is 2.94 bits per heavy atom. The molecule has 18 heavy (non-hydrogen) atoms. The van der Waals surface area contributed by atoms with Gasteiger partial charge in [-0.1, -0.05) is 13.8 Å². The lowest BCUT2D eigenvalue weighted by atomic mass is 9.77. The highest BCUT2D eigenvalue weighted by Gasteiger charge is 2.33. The molecule has 1 unspecified atom stereocenters. The lowest BCUT2D eigenvalue weighted by Crippen LogP contribution is -2.28. The van der Waals surface area contributed by atoms with E-state index in [-0.39, 0.29) is 11.5 Å². The standard InChI is InChI=1S/C13H18N4S/c1-13(2)6-8(14)11-9(7-13)16-12(18-11)10-4-5-15-17(10)3/h4-5,8H,6-7,14H2,1-3H3. The lowest BCUT2D eigenvalue weighted by molar-refractivity contribution is 0.282. The average molecular weight is 262 g/mol. The predicted octanol–water partition coefficient (Wildman–Crippen LogP) is 2.52. The SMILES string of the molecule is Cn1nccc1-c1nc2c(s1)C(N)CC(C)(C)C2. The fraction of sp³-hybridized carbons (Fsp3) is 0.538. The van der Waals surface area contributed by atoms with Crippen LogP contribution in [0.3, 0.4) is 0 Å². The third kappa shape index (κ3) is 1.87. The number of hydrogen-bond acceptors (Lipinski definition) is 4. The summed E-state index contributed by atoms with van der Waals surface area (Å²) in [5.74, 6) is 0. The summed E-state index contributed by atoms with van der Waals surface area (Å²) in [6.45, 7) is 4.53. The van der Waals surface area contributed by atoms with Gasteiger partial charge >= 0.3 is 0 Å². The van der Waals surface area contributed by atoms with Crippen molar-refractivity contribution in [3.8, 4) is 10.7 Å². The second-order valence-corrected chi connectivity index (χ2v) is 6.85. The van der Waals surface area contributed by atoms with Crippen molar-refractivity contribution in [3.63, 3.8) is 0 Å². The molecule has 96 valence electrons. The van der Waals surface area contributed by atoms with Gasteiger partial charge in [-0.3, -0.25) is 4.68 Å². The topological polar surface area (TPSA) is 56.7 Å². The number of nitrogens with zero attached hydrogens (tertiary/aromatic N) is 3. The van der Waals surface area contributed by atoms with Crippen LogP contribution in [0.5, 0.6) is 0 Å². The van der Waals surface area contributed by atoms with Crippen molar-refractivity contribution < 1.29 is 0 Å². The molecule has 0 aromatic carbocycles. The summed E-state index contributed by atoms with van der Waals surface area (Å²) in [7, 11) is 1.94. The first kappa shape index (κ1) is 11.9. The monoisotopic (exact) mass is 262 g/mol. The van der Waals surface area contributed by atoms with Gasteiger partial charge < -0.3 is 5.73 Å². The molecule has 0 bridgehead atoms. The van der Waals surface area contributed by atoms with Gasteiger partial charge in [0.2, 0.25) is 0 Å². The molecule has 1 aliphatic rings. The second-order valence-electron chi connectivity index (χ2n) is 5.82. The highest BCUT2D eigenvalue weighted by atomic mass is 32.1. The molecule has 2 aromatic heterocycles. The first-order chi connectivity index (χ1) is 8.46. The van der Waals surface area contributed by atoms with E-state index in [1.165, 1.54) is 10.6 Å². The van der Waals surface area contributed by atoms with Crippen molar-refractivity contribution >= 4 is 11.3 Å². The Morgan fingerprint density at radius 1 is 1.50 bits per heavy atom. The average Bonchev–Trinajstić information content (AvgIpc) is 2.82. The summed E-state index contributed by atoms with van der Waals surface area (Å²) in [6.07, 6.45) is 3.86. The van der Waals surface area contributed by atoms with Crippen molar-refractivity contribution in [2.45, 2.75) is 32.7 Å². The minimum atomic E-state index is 0.128. The molecule has 2 aromatic rings. The normalized spacial score (nSPS) is 21.9. The van der Waals surface area contributed by atoms with Crippen molar-refractivity contribution in [1.29, 1.82) is 0 Å². The number of nitrogens with two attached hydrogens (primary N) is 1. The molecule has 0 saturated heterocycles. The quantitative estimate of drug-likeness (QED) is 0.859. The molecule has 5 heteroatoms. The van der Waals surface area contributed by atoms with Gasteiger partial charge in [0.15, 0.2) is 0 Å². The van der Waals surface area contributed by atoms with E-state index in [1.807, 2.05) is 17.8 Å². The summed E-state index contributed by atoms with van der Waals surface area (Å²) in [4.78, 5) is 6.03. The third-order valence-corrected chi connectivity index (χ3v) is 4.77. The third-order valence-electron chi connectivity index (χ3n) is 3.52. The molecule has 3 rings (SSSR count). The molecule has 0 saturated carbocycles. The van der Waals surface area contributed by atoms with Crippen LogP contribution in [-0.4, -0.2) is 14.8 Å². The minimum absolute atomic E-state index is 0.128. The maximum Gasteiger partial charge on any atom is 0.142 e. The van der Waals surface area contributed by atoms with Gasteiger partial charge in [-0.05, 0) is 24.3 Å². The van der Waals surface area contributed by atoms with E-state index >= 15 is 0 Å². The Balaban J connectivity index is 2.06. The van der Waals surface area contributed by atoms with Crippen molar-refractivity contribution in [3.05, 3.63) is 22.8 Å². The molecule has 1 atom stereocenters. The summed E-state index contributed by atoms with van der Waals surface area (Å²) in [6, 6.07) is 2.13. The Bertz CT molecular complexity index is 582. The van der Waals surface area contributed by atoms with E-state index in [4.69, 9.17) is 10.7 Å². The van der Waals surface area contributed by atoms with Gasteiger partial charge in [0.05, 0.1) is 11.4 Å². The van der Waals surface area contributed by atoms with Crippen molar-refractivity contribution in [2.75, 3.05) is 0 Å². The molecule has 1 aliphatic carbocycles. The van der Waals surface area contributed by atoms with E-state index in [0.29, 0.717) is 0 Å². The number of thiazole rings is 1. The first-order valence-corrected chi connectivity index (χ1v) is 7.01. The van der Waals surface area contributed by atoms with Crippen molar-refractivity contribution in [2.24, 2.45) is 18.2 Å². The lowest BCUT2D eigenvalue weighted by Gasteiger charge is -2.32. The molecule has 2 N–H and O–H groups in total. The molecule has 4 nitrogen and oxygen atoms in total. The van der Waals surface area contributed by atoms with Crippen LogP contribution in [0.25, 0.3) is 10.7 Å². The molecule has 0 spiro atoms. The van der Waals surface area contributed by atoms with Crippen LogP contribution in [0, 0.1) is 5.41 Å². The van der Waals surface area contributed by atoms with Crippen LogP contribution < -0.4 is 5.73 Å². The van der Waals surface area contributed by atoms with Gasteiger partial charge in [0.1, 0.15) is 5.01 Å². The summed E-state index contributed by atoms with van der Waals surface area (Å²) >= 11 is 1.72. The number of aromatic nitrogens is 3. The second kappa shape index (κ2) is 3.90. The highest BCUT2D eigenvalue weighted by Crippen LogP contribution is 2.43. The molecule has 0 fully saturated rings. The maximum atomic E-state index is 6.27. The zero-order valence-electron chi connectivity index (χ0n) is 11.0. The molecule has 0 radical (unpaired) electrons. The summed E-state index contributed by atoms with van der Waals surface area (Å²) in [5.41, 5.74) is 8.78. The van der Waals surface area contributed by atoms with Gasteiger partial charge in [-0.15, -0.1) is 11.3 Å². The van der Waals surface area contributed by atoms with E-state index in [2.05, 4.69) is 18.9 Å². The van der Waals surface area contributed by atoms with Gasteiger partial charge in [0, 0.05) is 24.2 Å². The number of aryl methyl sites for hydroxylation is 1. The van der Waals surface area contributed by atoms with E-state index in [1.54, 1.807) is 17.5 Å². The molecule has 2 heterocycles. The molecule has 0 aliphatic heterocycles. The van der Waals surface area contributed by atoms with E-state index < -0.39 is 0 Å². The first-order valence-electron chi connectivity index (χ1n) is 6.20. The van der Waals surface area contributed by atoms with Crippen LogP contribution in [0.4, 0.5) is 0 Å². The predicted molar refractivity (Wildman–Crippen MR) is 73.3 cm³/mol. The fourth-order valence-corrected chi connectivity index (χ4v) is 3.83. The fourth-order valence-electron chi connectivity index (χ4n) is 2.69. The van der Waals surface area contributed by atoms with Gasteiger partial charge in [0.25, 0.3) is 0 Å². The van der Waals surface area contributed by atoms with Crippen LogP contribution in [0.15, 0.2) is 12.3 Å². The van der Waals surface area contributed by atoms with E-state index in [9.17, 15) is 0 Å². The Hall–Kier alpha value is -1.20. The number of fused-ring (bicyclic) bond motifs is 1. The summed E-state index contributed by atoms with van der Waals surface area (Å²) in [5, 5.41) is 5.23. The minimum Gasteiger partial charge on any atom is -0.323 e.